The zero-order valence-electron chi connectivity index (χ0n) is 15.2. The van der Waals surface area contributed by atoms with E-state index in [1.54, 1.807) is 43.3 Å². The second-order valence-electron chi connectivity index (χ2n) is 6.22. The maximum Gasteiger partial charge on any atom is 0.290 e. The highest BCUT2D eigenvalue weighted by atomic mass is 16.4. The molecule has 0 saturated carbocycles. The second kappa shape index (κ2) is 8.30. The lowest BCUT2D eigenvalue weighted by molar-refractivity contribution is -0.137. The molecule has 0 radical (unpaired) electrons. The molecule has 0 bridgehead atoms. The van der Waals surface area contributed by atoms with Crippen LogP contribution in [0.1, 0.15) is 22.0 Å². The van der Waals surface area contributed by atoms with Gasteiger partial charge in [0.05, 0.1) is 0 Å². The SMILES string of the molecule is Cc1nc(-c2ccccc2)c(C(=O)NC(Cc2ccccc2)C(=O)C(N)=O)o1. The van der Waals surface area contributed by atoms with Crippen molar-refractivity contribution < 1.29 is 18.8 Å². The van der Waals surface area contributed by atoms with Gasteiger partial charge in [0.15, 0.2) is 5.89 Å². The number of primary amides is 1. The molecule has 1 aromatic heterocycles. The number of carbonyl (C=O) groups excluding carboxylic acids is 3. The number of hydrogen-bond donors (Lipinski definition) is 2. The first-order valence-corrected chi connectivity index (χ1v) is 8.67. The minimum absolute atomic E-state index is 0.0287. The lowest BCUT2D eigenvalue weighted by atomic mass is 10.0. The van der Waals surface area contributed by atoms with Crippen molar-refractivity contribution in [2.24, 2.45) is 5.73 Å². The fraction of sp³-hybridized carbons (Fsp3) is 0.143. The molecule has 7 nitrogen and oxygen atoms in total. The number of rotatable bonds is 7. The van der Waals surface area contributed by atoms with Gasteiger partial charge in [-0.15, -0.1) is 0 Å². The summed E-state index contributed by atoms with van der Waals surface area (Å²) in [7, 11) is 0. The summed E-state index contributed by atoms with van der Waals surface area (Å²) in [5.41, 5.74) is 6.99. The maximum absolute atomic E-state index is 12.8. The van der Waals surface area contributed by atoms with Crippen molar-refractivity contribution >= 4 is 17.6 Å². The number of nitrogens with one attached hydrogen (secondary N) is 1. The molecule has 0 spiro atoms. The number of carbonyl (C=O) groups is 3. The van der Waals surface area contributed by atoms with E-state index in [2.05, 4.69) is 10.3 Å². The third-order valence-corrected chi connectivity index (χ3v) is 4.13. The van der Waals surface area contributed by atoms with Crippen LogP contribution in [0.3, 0.4) is 0 Å². The van der Waals surface area contributed by atoms with E-state index in [4.69, 9.17) is 10.2 Å². The van der Waals surface area contributed by atoms with Crippen molar-refractivity contribution in [2.45, 2.75) is 19.4 Å². The average Bonchev–Trinajstić information content (AvgIpc) is 3.10. The number of aryl methyl sites for hydroxylation is 1. The summed E-state index contributed by atoms with van der Waals surface area (Å²) in [5.74, 6) is -2.35. The molecule has 28 heavy (non-hydrogen) atoms. The molecule has 3 aromatic rings. The Bertz CT molecular complexity index is 997. The molecule has 3 N–H and O–H groups in total. The van der Waals surface area contributed by atoms with Gasteiger partial charge in [-0.1, -0.05) is 60.7 Å². The molecule has 0 saturated heterocycles. The third-order valence-electron chi connectivity index (χ3n) is 4.13. The van der Waals surface area contributed by atoms with Crippen molar-refractivity contribution in [3.8, 4) is 11.3 Å². The fourth-order valence-electron chi connectivity index (χ4n) is 2.83. The predicted molar refractivity (Wildman–Crippen MR) is 102 cm³/mol. The summed E-state index contributed by atoms with van der Waals surface area (Å²) in [6.07, 6.45) is 0.127. The minimum Gasteiger partial charge on any atom is -0.435 e. The molecule has 2 aromatic carbocycles. The standard InChI is InChI=1S/C21H19N3O4/c1-13-23-17(15-10-6-3-7-11-15)19(28-13)21(27)24-16(18(25)20(22)26)12-14-8-4-2-5-9-14/h2-11,16H,12H2,1H3,(H2,22,26)(H,24,27). The fourth-order valence-corrected chi connectivity index (χ4v) is 2.83. The first-order valence-electron chi connectivity index (χ1n) is 8.67. The van der Waals surface area contributed by atoms with Gasteiger partial charge in [-0.05, 0) is 5.56 Å². The summed E-state index contributed by atoms with van der Waals surface area (Å²) >= 11 is 0. The largest absolute Gasteiger partial charge is 0.435 e. The molecular formula is C21H19N3O4. The Hall–Kier alpha value is -3.74. The van der Waals surface area contributed by atoms with E-state index >= 15 is 0 Å². The molecule has 3 rings (SSSR count). The van der Waals surface area contributed by atoms with Crippen LogP contribution in [0.4, 0.5) is 0 Å². The predicted octanol–water partition coefficient (Wildman–Crippen LogP) is 2.05. The summed E-state index contributed by atoms with van der Waals surface area (Å²) < 4.78 is 5.47. The van der Waals surface area contributed by atoms with Crippen LogP contribution in [0.25, 0.3) is 11.3 Å². The average molecular weight is 377 g/mol. The van der Waals surface area contributed by atoms with Gasteiger partial charge < -0.3 is 15.5 Å². The molecule has 0 aliphatic rings. The van der Waals surface area contributed by atoms with E-state index in [0.717, 1.165) is 5.56 Å². The Kier molecular flexibility index (Phi) is 5.64. The quantitative estimate of drug-likeness (QED) is 0.612. The van der Waals surface area contributed by atoms with Crippen LogP contribution in [-0.4, -0.2) is 28.6 Å². The Morgan fingerprint density at radius 1 is 1.04 bits per heavy atom. The monoisotopic (exact) mass is 377 g/mol. The number of Topliss-reactive ketones (excluding diaryl/α,β-unsaturated/α-hetero) is 1. The Morgan fingerprint density at radius 2 is 1.64 bits per heavy atom. The zero-order chi connectivity index (χ0) is 20.1. The van der Waals surface area contributed by atoms with Gasteiger partial charge in [0, 0.05) is 18.9 Å². The number of oxazole rings is 1. The van der Waals surface area contributed by atoms with Crippen molar-refractivity contribution in [3.05, 3.63) is 77.9 Å². The lowest BCUT2D eigenvalue weighted by Crippen LogP contribution is -2.47. The first kappa shape index (κ1) is 19.0. The van der Waals surface area contributed by atoms with E-state index in [9.17, 15) is 14.4 Å². The van der Waals surface area contributed by atoms with Crippen molar-refractivity contribution in [3.63, 3.8) is 0 Å². The van der Waals surface area contributed by atoms with Crippen LogP contribution in [0, 0.1) is 6.92 Å². The van der Waals surface area contributed by atoms with Crippen LogP contribution in [0.15, 0.2) is 65.1 Å². The Labute approximate surface area is 161 Å². The van der Waals surface area contributed by atoms with Crippen molar-refractivity contribution in [1.29, 1.82) is 0 Å². The molecular weight excluding hydrogens is 358 g/mol. The van der Waals surface area contributed by atoms with Gasteiger partial charge in [0.2, 0.25) is 11.5 Å². The van der Waals surface area contributed by atoms with Crippen LogP contribution >= 0.6 is 0 Å². The number of aromatic nitrogens is 1. The topological polar surface area (TPSA) is 115 Å². The lowest BCUT2D eigenvalue weighted by Gasteiger charge is -2.16. The third kappa shape index (κ3) is 4.32. The highest BCUT2D eigenvalue weighted by Crippen LogP contribution is 2.23. The maximum atomic E-state index is 12.8. The molecule has 1 atom stereocenters. The Balaban J connectivity index is 1.88. The van der Waals surface area contributed by atoms with Gasteiger partial charge in [-0.25, -0.2) is 4.98 Å². The van der Waals surface area contributed by atoms with Gasteiger partial charge >= 0.3 is 0 Å². The molecule has 7 heteroatoms. The highest BCUT2D eigenvalue weighted by Gasteiger charge is 2.29. The van der Waals surface area contributed by atoms with E-state index in [1.165, 1.54) is 0 Å². The van der Waals surface area contributed by atoms with E-state index in [1.807, 2.05) is 24.3 Å². The van der Waals surface area contributed by atoms with Crippen molar-refractivity contribution in [2.75, 3.05) is 0 Å². The summed E-state index contributed by atoms with van der Waals surface area (Å²) in [4.78, 5) is 40.8. The van der Waals surface area contributed by atoms with E-state index in [0.29, 0.717) is 17.1 Å². The Morgan fingerprint density at radius 3 is 2.25 bits per heavy atom. The number of hydrogen-bond acceptors (Lipinski definition) is 5. The van der Waals surface area contributed by atoms with Gasteiger partial charge in [-0.3, -0.25) is 14.4 Å². The van der Waals surface area contributed by atoms with Crippen LogP contribution in [0.5, 0.6) is 0 Å². The zero-order valence-corrected chi connectivity index (χ0v) is 15.2. The summed E-state index contributed by atoms with van der Waals surface area (Å²) in [6, 6.07) is 17.0. The van der Waals surface area contributed by atoms with Crippen LogP contribution in [-0.2, 0) is 16.0 Å². The smallest absolute Gasteiger partial charge is 0.290 e. The van der Waals surface area contributed by atoms with Gasteiger partial charge in [-0.2, -0.15) is 0 Å². The summed E-state index contributed by atoms with van der Waals surface area (Å²) in [6.45, 7) is 1.62. The van der Waals surface area contributed by atoms with Gasteiger partial charge in [0.1, 0.15) is 11.7 Å². The van der Waals surface area contributed by atoms with Crippen LogP contribution in [0.2, 0.25) is 0 Å². The molecule has 0 aliphatic carbocycles. The van der Waals surface area contributed by atoms with Gasteiger partial charge in [0.25, 0.3) is 11.8 Å². The number of nitrogens with two attached hydrogens (primary N) is 1. The summed E-state index contributed by atoms with van der Waals surface area (Å²) in [5, 5.41) is 2.56. The van der Waals surface area contributed by atoms with Crippen molar-refractivity contribution in [1.82, 2.24) is 10.3 Å². The number of amides is 2. The van der Waals surface area contributed by atoms with Crippen LogP contribution < -0.4 is 11.1 Å². The number of benzene rings is 2. The minimum atomic E-state index is -1.11. The molecule has 2 amide bonds. The molecule has 1 unspecified atom stereocenters. The normalized spacial score (nSPS) is 11.6. The number of nitrogens with zero attached hydrogens (tertiary/aromatic N) is 1. The molecule has 142 valence electrons. The van der Waals surface area contributed by atoms with E-state index < -0.39 is 23.6 Å². The molecule has 0 aliphatic heterocycles. The van der Waals surface area contributed by atoms with E-state index in [-0.39, 0.29) is 12.2 Å². The number of ketones is 1. The molecule has 1 heterocycles. The highest BCUT2D eigenvalue weighted by molar-refractivity contribution is 6.38. The molecule has 0 fully saturated rings. The first-order chi connectivity index (χ1) is 13.5. The second-order valence-corrected chi connectivity index (χ2v) is 6.22.